The molecule has 16 heavy (non-hydrogen) atoms. The number of anilines is 1. The van der Waals surface area contributed by atoms with Gasteiger partial charge in [-0.25, -0.2) is 0 Å². The van der Waals surface area contributed by atoms with Crippen LogP contribution < -0.4 is 11.1 Å². The number of hydrogen-bond acceptors (Lipinski definition) is 2. The molecule has 2 nitrogen and oxygen atoms in total. The molecule has 0 aliphatic heterocycles. The summed E-state index contributed by atoms with van der Waals surface area (Å²) in [6.07, 6.45) is 3.77. The molecule has 0 aliphatic carbocycles. The van der Waals surface area contributed by atoms with Crippen LogP contribution in [0.4, 0.5) is 5.69 Å². The Kier molecular flexibility index (Phi) is 14.7. The Morgan fingerprint density at radius 3 is 2.00 bits per heavy atom. The Labute approximate surface area is 101 Å². The number of aryl methyl sites for hydroxylation is 1. The molecule has 1 aromatic rings. The van der Waals surface area contributed by atoms with Gasteiger partial charge < -0.3 is 11.1 Å². The monoisotopic (exact) mass is 222 g/mol. The van der Waals surface area contributed by atoms with Crippen LogP contribution in [0.3, 0.4) is 0 Å². The molecule has 1 aromatic carbocycles. The van der Waals surface area contributed by atoms with Crippen molar-refractivity contribution in [1.82, 2.24) is 0 Å². The zero-order chi connectivity index (χ0) is 12.8. The predicted molar refractivity (Wildman–Crippen MR) is 76.0 cm³/mol. The fourth-order valence-electron chi connectivity index (χ4n) is 1.22. The highest BCUT2D eigenvalue weighted by Crippen LogP contribution is 2.10. The smallest absolute Gasteiger partial charge is 0.0337 e. The van der Waals surface area contributed by atoms with Crippen LogP contribution in [0.25, 0.3) is 0 Å². The summed E-state index contributed by atoms with van der Waals surface area (Å²) < 4.78 is 0. The molecule has 0 unspecified atom stereocenters. The molecule has 1 rings (SSSR count). The lowest BCUT2D eigenvalue weighted by molar-refractivity contribution is 0.795. The highest BCUT2D eigenvalue weighted by atomic mass is 14.8. The third-order valence-electron chi connectivity index (χ3n) is 2.06. The van der Waals surface area contributed by atoms with Gasteiger partial charge in [0.2, 0.25) is 0 Å². The Hall–Kier alpha value is -1.28. The molecule has 0 heterocycles. The van der Waals surface area contributed by atoms with E-state index >= 15 is 0 Å². The van der Waals surface area contributed by atoms with E-state index in [2.05, 4.69) is 55.4 Å². The molecule has 0 fully saturated rings. The molecule has 2 heteroatoms. The van der Waals surface area contributed by atoms with Gasteiger partial charge in [0.15, 0.2) is 0 Å². The van der Waals surface area contributed by atoms with E-state index in [1.807, 2.05) is 7.05 Å². The molecule has 0 saturated carbocycles. The summed E-state index contributed by atoms with van der Waals surface area (Å²) in [6, 6.07) is 8.65. The third kappa shape index (κ3) is 8.06. The summed E-state index contributed by atoms with van der Waals surface area (Å²) in [6.45, 7) is 8.22. The fraction of sp³-hybridized carbons (Fsp3) is 0.429. The number of hydrogen-bond donors (Lipinski definition) is 2. The van der Waals surface area contributed by atoms with E-state index < -0.39 is 0 Å². The maximum Gasteiger partial charge on any atom is 0.0337 e. The van der Waals surface area contributed by atoms with Crippen molar-refractivity contribution in [2.45, 2.75) is 26.2 Å². The molecule has 0 aromatic heterocycles. The predicted octanol–water partition coefficient (Wildman–Crippen LogP) is 3.45. The molecule has 92 valence electrons. The van der Waals surface area contributed by atoms with E-state index in [1.165, 1.54) is 37.6 Å². The second-order valence-corrected chi connectivity index (χ2v) is 3.05. The minimum absolute atomic E-state index is 1.19. The minimum atomic E-state index is 1.19. The molecule has 0 saturated heterocycles. The van der Waals surface area contributed by atoms with Crippen molar-refractivity contribution in [3.05, 3.63) is 43.0 Å². The quantitative estimate of drug-likeness (QED) is 0.766. The van der Waals surface area contributed by atoms with Gasteiger partial charge in [-0.15, -0.1) is 13.2 Å². The van der Waals surface area contributed by atoms with Crippen molar-refractivity contribution in [3.8, 4) is 0 Å². The van der Waals surface area contributed by atoms with Gasteiger partial charge in [-0.2, -0.15) is 0 Å². The highest BCUT2D eigenvalue weighted by Gasteiger charge is 1.91. The second-order valence-electron chi connectivity index (χ2n) is 3.05. The summed E-state index contributed by atoms with van der Waals surface area (Å²) in [5.74, 6) is 0. The number of nitrogens with two attached hydrogens (primary N) is 1. The zero-order valence-electron chi connectivity index (χ0n) is 10.9. The summed E-state index contributed by atoms with van der Waals surface area (Å²) >= 11 is 0. The van der Waals surface area contributed by atoms with Crippen molar-refractivity contribution in [2.75, 3.05) is 19.4 Å². The maximum atomic E-state index is 4.50. The van der Waals surface area contributed by atoms with Gasteiger partial charge in [-0.1, -0.05) is 25.5 Å². The van der Waals surface area contributed by atoms with Crippen molar-refractivity contribution in [3.63, 3.8) is 0 Å². The number of rotatable bonds is 4. The Morgan fingerprint density at radius 1 is 1.12 bits per heavy atom. The van der Waals surface area contributed by atoms with Gasteiger partial charge in [0.1, 0.15) is 0 Å². The normalized spacial score (nSPS) is 8.00. The van der Waals surface area contributed by atoms with E-state index in [4.69, 9.17) is 0 Å². The molecular formula is C14H26N2. The molecule has 0 bridgehead atoms. The molecular weight excluding hydrogens is 196 g/mol. The van der Waals surface area contributed by atoms with E-state index in [0.29, 0.717) is 0 Å². The lowest BCUT2D eigenvalue weighted by Crippen LogP contribution is -1.89. The highest BCUT2D eigenvalue weighted by molar-refractivity contribution is 5.43. The number of benzene rings is 1. The van der Waals surface area contributed by atoms with Crippen LogP contribution >= 0.6 is 0 Å². The van der Waals surface area contributed by atoms with Gasteiger partial charge in [0.05, 0.1) is 0 Å². The maximum absolute atomic E-state index is 4.50. The molecule has 0 amide bonds. The topological polar surface area (TPSA) is 38.0 Å². The Balaban J connectivity index is 0. The first-order valence-electron chi connectivity index (χ1n) is 5.71. The van der Waals surface area contributed by atoms with E-state index in [-0.39, 0.29) is 0 Å². The molecule has 0 radical (unpaired) electrons. The van der Waals surface area contributed by atoms with Gasteiger partial charge >= 0.3 is 0 Å². The minimum Gasteiger partial charge on any atom is -0.388 e. The lowest BCUT2D eigenvalue weighted by Gasteiger charge is -2.02. The Morgan fingerprint density at radius 2 is 1.62 bits per heavy atom. The summed E-state index contributed by atoms with van der Waals surface area (Å²) in [7, 11) is 3.45. The van der Waals surface area contributed by atoms with Crippen molar-refractivity contribution in [1.29, 1.82) is 0 Å². The van der Waals surface area contributed by atoms with E-state index in [9.17, 15) is 0 Å². The standard InChI is InChI=1S/C11H17N.C2H4.CH5N/c1-3-4-5-10-6-8-11(12-2)9-7-10;2*1-2/h6-9,12H,3-5H2,1-2H3;1-2H2;2H2,1H3. The van der Waals surface area contributed by atoms with E-state index in [0.717, 1.165) is 0 Å². The average Bonchev–Trinajstić information content (AvgIpc) is 2.41. The summed E-state index contributed by atoms with van der Waals surface area (Å²) in [5, 5.41) is 3.11. The van der Waals surface area contributed by atoms with Gasteiger partial charge in [0.25, 0.3) is 0 Å². The molecule has 0 atom stereocenters. The van der Waals surface area contributed by atoms with Crippen LogP contribution in [0, 0.1) is 0 Å². The third-order valence-corrected chi connectivity index (χ3v) is 2.06. The average molecular weight is 222 g/mol. The van der Waals surface area contributed by atoms with Crippen LogP contribution in [-0.4, -0.2) is 14.1 Å². The van der Waals surface area contributed by atoms with E-state index in [1.54, 1.807) is 0 Å². The molecule has 3 N–H and O–H groups in total. The van der Waals surface area contributed by atoms with Gasteiger partial charge in [-0.3, -0.25) is 0 Å². The van der Waals surface area contributed by atoms with Crippen LogP contribution in [0.5, 0.6) is 0 Å². The van der Waals surface area contributed by atoms with Crippen LogP contribution in [0.1, 0.15) is 25.3 Å². The number of unbranched alkanes of at least 4 members (excludes halogenated alkanes) is 1. The zero-order valence-corrected chi connectivity index (χ0v) is 10.9. The lowest BCUT2D eigenvalue weighted by atomic mass is 10.1. The van der Waals surface area contributed by atoms with Crippen LogP contribution in [0.2, 0.25) is 0 Å². The summed E-state index contributed by atoms with van der Waals surface area (Å²) in [4.78, 5) is 0. The first kappa shape index (κ1) is 17.1. The SMILES string of the molecule is C=C.CCCCc1ccc(NC)cc1.CN. The molecule has 0 aliphatic rings. The van der Waals surface area contributed by atoms with Crippen molar-refractivity contribution < 1.29 is 0 Å². The van der Waals surface area contributed by atoms with Crippen molar-refractivity contribution >= 4 is 5.69 Å². The first-order chi connectivity index (χ1) is 7.86. The summed E-state index contributed by atoms with van der Waals surface area (Å²) in [5.41, 5.74) is 7.13. The van der Waals surface area contributed by atoms with Crippen molar-refractivity contribution in [2.24, 2.45) is 5.73 Å². The van der Waals surface area contributed by atoms with Crippen LogP contribution in [-0.2, 0) is 6.42 Å². The number of nitrogens with one attached hydrogen (secondary N) is 1. The largest absolute Gasteiger partial charge is 0.388 e. The Bertz CT molecular complexity index is 229. The van der Waals surface area contributed by atoms with Gasteiger partial charge in [-0.05, 0) is 37.6 Å². The van der Waals surface area contributed by atoms with Crippen LogP contribution in [0.15, 0.2) is 37.4 Å². The second kappa shape index (κ2) is 13.7. The van der Waals surface area contributed by atoms with Gasteiger partial charge in [0, 0.05) is 12.7 Å². The first-order valence-corrected chi connectivity index (χ1v) is 5.71. The molecule has 0 spiro atoms. The fourth-order valence-corrected chi connectivity index (χ4v) is 1.22.